The van der Waals surface area contributed by atoms with E-state index in [1.165, 1.54) is 83.5 Å². The molecule has 0 rings (SSSR count). The third-order valence-electron chi connectivity index (χ3n) is 7.82. The van der Waals surface area contributed by atoms with Crippen LogP contribution in [0.15, 0.2) is 0 Å². The molecule has 0 unspecified atom stereocenters. The fraction of sp³-hybridized carbons (Fsp3) is 1.00. The molecule has 0 saturated carbocycles. The SMILES string of the molecule is CCCCCCCCCCOCC(CCCCCCOCCCCC)(COCC[N+](C)(C)C)COCC[N+](C)(C)C. The lowest BCUT2D eigenvalue weighted by atomic mass is 9.84. The number of quaternary nitrogens is 2. The zero-order valence-corrected chi connectivity index (χ0v) is 29.4. The van der Waals surface area contributed by atoms with E-state index in [0.29, 0.717) is 0 Å². The lowest BCUT2D eigenvalue weighted by Crippen LogP contribution is -2.42. The zero-order chi connectivity index (χ0) is 30.7. The molecule has 0 aromatic carbocycles. The Balaban J connectivity index is 4.85. The standard InChI is InChI=1S/C35H76N2O4/c1-9-11-13-14-15-16-18-23-29-39-32-35(33-40-30-25-36(3,4)5,34-41-31-26-37(6,7)8)24-20-17-19-22-28-38-27-21-12-10-2/h9-34H2,1-8H3/q+2. The summed E-state index contributed by atoms with van der Waals surface area (Å²) < 4.78 is 26.8. The lowest BCUT2D eigenvalue weighted by molar-refractivity contribution is -0.870. The van der Waals surface area contributed by atoms with Gasteiger partial charge in [-0.15, -0.1) is 0 Å². The zero-order valence-electron chi connectivity index (χ0n) is 29.4. The molecule has 0 aliphatic rings. The summed E-state index contributed by atoms with van der Waals surface area (Å²) in [5.74, 6) is 0. The Bertz CT molecular complexity index is 497. The first kappa shape index (κ1) is 40.8. The molecule has 0 radical (unpaired) electrons. The molecule has 0 saturated heterocycles. The minimum Gasteiger partial charge on any atom is -0.381 e. The van der Waals surface area contributed by atoms with Crippen molar-refractivity contribution in [2.45, 2.75) is 117 Å². The van der Waals surface area contributed by atoms with Gasteiger partial charge in [-0.1, -0.05) is 90.9 Å². The van der Waals surface area contributed by atoms with Gasteiger partial charge >= 0.3 is 0 Å². The first-order valence-corrected chi connectivity index (χ1v) is 17.5. The van der Waals surface area contributed by atoms with Crippen molar-refractivity contribution in [3.8, 4) is 0 Å². The molecular weight excluding hydrogens is 512 g/mol. The Morgan fingerprint density at radius 1 is 0.390 bits per heavy atom. The highest BCUT2D eigenvalue weighted by atomic mass is 16.5. The quantitative estimate of drug-likeness (QED) is 0.0595. The fourth-order valence-electron chi connectivity index (χ4n) is 4.84. The number of unbranched alkanes of at least 4 members (excludes halogenated alkanes) is 12. The summed E-state index contributed by atoms with van der Waals surface area (Å²) in [7, 11) is 13.4. The average molecular weight is 589 g/mol. The van der Waals surface area contributed by atoms with Crippen LogP contribution >= 0.6 is 0 Å². The van der Waals surface area contributed by atoms with Crippen LogP contribution < -0.4 is 0 Å². The van der Waals surface area contributed by atoms with Crippen LogP contribution in [0.4, 0.5) is 0 Å². The van der Waals surface area contributed by atoms with Crippen molar-refractivity contribution in [1.82, 2.24) is 0 Å². The van der Waals surface area contributed by atoms with Crippen molar-refractivity contribution in [3.63, 3.8) is 0 Å². The maximum absolute atomic E-state index is 6.39. The summed E-state index contributed by atoms with van der Waals surface area (Å²) in [6, 6.07) is 0. The van der Waals surface area contributed by atoms with E-state index in [0.717, 1.165) is 94.2 Å². The van der Waals surface area contributed by atoms with Crippen LogP contribution in [0.5, 0.6) is 0 Å². The molecule has 6 nitrogen and oxygen atoms in total. The van der Waals surface area contributed by atoms with E-state index in [1.54, 1.807) is 0 Å². The Morgan fingerprint density at radius 3 is 1.20 bits per heavy atom. The van der Waals surface area contributed by atoms with E-state index < -0.39 is 0 Å². The Hall–Kier alpha value is -0.240. The summed E-state index contributed by atoms with van der Waals surface area (Å²) in [6.07, 6.45) is 20.3. The predicted molar refractivity (Wildman–Crippen MR) is 177 cm³/mol. The molecule has 6 heteroatoms. The van der Waals surface area contributed by atoms with Crippen LogP contribution in [0.1, 0.15) is 117 Å². The molecular formula is C35H76N2O4+2. The maximum atomic E-state index is 6.39. The monoisotopic (exact) mass is 589 g/mol. The molecule has 0 spiro atoms. The van der Waals surface area contributed by atoms with E-state index in [9.17, 15) is 0 Å². The van der Waals surface area contributed by atoms with Crippen molar-refractivity contribution >= 4 is 0 Å². The highest BCUT2D eigenvalue weighted by molar-refractivity contribution is 4.80. The number of hydrogen-bond donors (Lipinski definition) is 0. The molecule has 0 atom stereocenters. The number of likely N-dealkylation sites (N-methyl/N-ethyl adjacent to an activating group) is 2. The average Bonchev–Trinajstić information content (AvgIpc) is 2.90. The van der Waals surface area contributed by atoms with Crippen LogP contribution in [0, 0.1) is 5.41 Å². The van der Waals surface area contributed by atoms with Crippen molar-refractivity contribution < 1.29 is 27.9 Å². The third-order valence-corrected chi connectivity index (χ3v) is 7.82. The molecule has 0 heterocycles. The van der Waals surface area contributed by atoms with Gasteiger partial charge in [0.25, 0.3) is 0 Å². The van der Waals surface area contributed by atoms with Crippen LogP contribution in [0.3, 0.4) is 0 Å². The first-order chi connectivity index (χ1) is 19.5. The van der Waals surface area contributed by atoms with E-state index in [2.05, 4.69) is 56.1 Å². The van der Waals surface area contributed by atoms with Gasteiger partial charge in [-0.2, -0.15) is 0 Å². The summed E-state index contributed by atoms with van der Waals surface area (Å²) >= 11 is 0. The third kappa shape index (κ3) is 29.6. The number of hydrogen-bond acceptors (Lipinski definition) is 4. The van der Waals surface area contributed by atoms with Gasteiger partial charge in [-0.05, 0) is 25.7 Å². The van der Waals surface area contributed by atoms with E-state index in [4.69, 9.17) is 18.9 Å². The molecule has 0 amide bonds. The Labute approximate surface area is 258 Å². The number of nitrogens with zero attached hydrogens (tertiary/aromatic N) is 2. The molecule has 41 heavy (non-hydrogen) atoms. The normalized spacial score (nSPS) is 12.9. The molecule has 0 aromatic heterocycles. The summed E-state index contributed by atoms with van der Waals surface area (Å²) in [4.78, 5) is 0. The summed E-state index contributed by atoms with van der Waals surface area (Å²) in [6.45, 7) is 12.9. The topological polar surface area (TPSA) is 36.9 Å². The van der Waals surface area contributed by atoms with E-state index in [1.807, 2.05) is 0 Å². The van der Waals surface area contributed by atoms with E-state index >= 15 is 0 Å². The minimum atomic E-state index is -0.0768. The summed E-state index contributed by atoms with van der Waals surface area (Å²) in [5.41, 5.74) is -0.0768. The molecule has 0 fully saturated rings. The predicted octanol–water partition coefficient (Wildman–Crippen LogP) is 7.73. The van der Waals surface area contributed by atoms with Crippen LogP contribution in [-0.4, -0.2) is 117 Å². The molecule has 0 aromatic rings. The highest BCUT2D eigenvalue weighted by Gasteiger charge is 2.32. The molecule has 0 bridgehead atoms. The van der Waals surface area contributed by atoms with Crippen molar-refractivity contribution in [2.24, 2.45) is 5.41 Å². The van der Waals surface area contributed by atoms with E-state index in [-0.39, 0.29) is 5.41 Å². The second kappa shape index (κ2) is 26.2. The van der Waals surface area contributed by atoms with Gasteiger partial charge in [-0.3, -0.25) is 0 Å². The van der Waals surface area contributed by atoms with Gasteiger partial charge < -0.3 is 27.9 Å². The Kier molecular flexibility index (Phi) is 26.0. The maximum Gasteiger partial charge on any atom is 0.102 e. The van der Waals surface area contributed by atoms with Gasteiger partial charge in [0.15, 0.2) is 0 Å². The molecule has 0 N–H and O–H groups in total. The first-order valence-electron chi connectivity index (χ1n) is 17.5. The second-order valence-electron chi connectivity index (χ2n) is 14.6. The van der Waals surface area contributed by atoms with Crippen LogP contribution in [-0.2, 0) is 18.9 Å². The second-order valence-corrected chi connectivity index (χ2v) is 14.6. The summed E-state index contributed by atoms with van der Waals surface area (Å²) in [5, 5.41) is 0. The van der Waals surface area contributed by atoms with Gasteiger partial charge in [-0.25, -0.2) is 0 Å². The van der Waals surface area contributed by atoms with Gasteiger partial charge in [0.1, 0.15) is 13.1 Å². The van der Waals surface area contributed by atoms with Crippen LogP contribution in [0.25, 0.3) is 0 Å². The molecule has 0 aliphatic heterocycles. The molecule has 248 valence electrons. The largest absolute Gasteiger partial charge is 0.381 e. The van der Waals surface area contributed by atoms with Gasteiger partial charge in [0.05, 0.1) is 75.3 Å². The smallest absolute Gasteiger partial charge is 0.102 e. The Morgan fingerprint density at radius 2 is 0.732 bits per heavy atom. The van der Waals surface area contributed by atoms with Crippen LogP contribution in [0.2, 0.25) is 0 Å². The van der Waals surface area contributed by atoms with Gasteiger partial charge in [0, 0.05) is 25.2 Å². The lowest BCUT2D eigenvalue weighted by Gasteiger charge is -2.34. The number of ether oxygens (including phenoxy) is 4. The highest BCUT2D eigenvalue weighted by Crippen LogP contribution is 2.28. The molecule has 0 aliphatic carbocycles. The van der Waals surface area contributed by atoms with Crippen molar-refractivity contribution in [1.29, 1.82) is 0 Å². The van der Waals surface area contributed by atoms with Gasteiger partial charge in [0.2, 0.25) is 0 Å². The number of rotatable bonds is 32. The minimum absolute atomic E-state index is 0.0768. The fourth-order valence-corrected chi connectivity index (χ4v) is 4.84. The van der Waals surface area contributed by atoms with Crippen molar-refractivity contribution in [3.05, 3.63) is 0 Å². The van der Waals surface area contributed by atoms with Crippen molar-refractivity contribution in [2.75, 3.05) is 108 Å².